The first-order chi connectivity index (χ1) is 8.84. The molecule has 18 heavy (non-hydrogen) atoms. The summed E-state index contributed by atoms with van der Waals surface area (Å²) in [7, 11) is 0. The van der Waals surface area contributed by atoms with E-state index in [-0.39, 0.29) is 5.56 Å². The first kappa shape index (κ1) is 11.0. The fourth-order valence-electron chi connectivity index (χ4n) is 1.79. The second kappa shape index (κ2) is 4.66. The van der Waals surface area contributed by atoms with Crippen molar-refractivity contribution in [3.05, 3.63) is 51.7 Å². The van der Waals surface area contributed by atoms with Gasteiger partial charge in [0.1, 0.15) is 6.33 Å². The summed E-state index contributed by atoms with van der Waals surface area (Å²) in [6.45, 7) is 0.645. The zero-order valence-corrected chi connectivity index (χ0v) is 10.3. The van der Waals surface area contributed by atoms with Crippen molar-refractivity contribution in [2.24, 2.45) is 0 Å². The lowest BCUT2D eigenvalue weighted by Crippen LogP contribution is -2.20. The van der Waals surface area contributed by atoms with E-state index in [2.05, 4.69) is 15.0 Å². The van der Waals surface area contributed by atoms with Gasteiger partial charge in [0, 0.05) is 36.4 Å². The summed E-state index contributed by atoms with van der Waals surface area (Å²) in [5.74, 6) is 0. The second-order valence-electron chi connectivity index (χ2n) is 3.85. The molecule has 3 aromatic heterocycles. The summed E-state index contributed by atoms with van der Waals surface area (Å²) < 4.78 is 1.69. The Balaban J connectivity index is 1.93. The van der Waals surface area contributed by atoms with Crippen LogP contribution in [0.1, 0.15) is 4.88 Å². The molecule has 0 aliphatic rings. The summed E-state index contributed by atoms with van der Waals surface area (Å²) >= 11 is 1.60. The summed E-state index contributed by atoms with van der Waals surface area (Å²) in [5, 5.41) is 0.560. The molecule has 3 aromatic rings. The van der Waals surface area contributed by atoms with Gasteiger partial charge >= 0.3 is 0 Å². The molecule has 6 heteroatoms. The van der Waals surface area contributed by atoms with Gasteiger partial charge in [-0.3, -0.25) is 9.78 Å². The van der Waals surface area contributed by atoms with E-state index in [4.69, 9.17) is 0 Å². The van der Waals surface area contributed by atoms with Gasteiger partial charge in [-0.2, -0.15) is 0 Å². The Morgan fingerprint density at radius 2 is 2.22 bits per heavy atom. The SMILES string of the molecule is O=c1c2cncnc2ccn1CCc1cncs1. The summed E-state index contributed by atoms with van der Waals surface area (Å²) in [5.41, 5.74) is 2.44. The van der Waals surface area contributed by atoms with Crippen molar-refractivity contribution in [3.8, 4) is 0 Å². The lowest BCUT2D eigenvalue weighted by atomic mass is 10.3. The van der Waals surface area contributed by atoms with E-state index in [1.54, 1.807) is 33.8 Å². The monoisotopic (exact) mass is 258 g/mol. The van der Waals surface area contributed by atoms with Crippen LogP contribution < -0.4 is 5.56 Å². The molecule has 0 saturated carbocycles. The molecule has 3 rings (SSSR count). The number of nitrogens with zero attached hydrogens (tertiary/aromatic N) is 4. The van der Waals surface area contributed by atoms with Gasteiger partial charge in [0.25, 0.3) is 5.56 Å². The van der Waals surface area contributed by atoms with E-state index >= 15 is 0 Å². The molecule has 0 N–H and O–H groups in total. The summed E-state index contributed by atoms with van der Waals surface area (Å²) in [6.07, 6.45) is 7.43. The summed E-state index contributed by atoms with van der Waals surface area (Å²) in [6, 6.07) is 1.84. The van der Waals surface area contributed by atoms with E-state index in [1.807, 2.05) is 12.3 Å². The third-order valence-electron chi connectivity index (χ3n) is 2.73. The zero-order valence-electron chi connectivity index (χ0n) is 9.48. The second-order valence-corrected chi connectivity index (χ2v) is 4.82. The molecule has 0 radical (unpaired) electrons. The molecular formula is C12H10N4OS. The van der Waals surface area contributed by atoms with Crippen LogP contribution in [0.3, 0.4) is 0 Å². The molecule has 90 valence electrons. The lowest BCUT2D eigenvalue weighted by Gasteiger charge is -2.05. The highest BCUT2D eigenvalue weighted by molar-refractivity contribution is 7.09. The fourth-order valence-corrected chi connectivity index (χ4v) is 2.38. The largest absolute Gasteiger partial charge is 0.314 e. The third kappa shape index (κ3) is 2.02. The molecule has 0 fully saturated rings. The van der Waals surface area contributed by atoms with Gasteiger partial charge in [0.15, 0.2) is 0 Å². The smallest absolute Gasteiger partial charge is 0.261 e. The topological polar surface area (TPSA) is 60.7 Å². The fraction of sp³-hybridized carbons (Fsp3) is 0.167. The highest BCUT2D eigenvalue weighted by Crippen LogP contribution is 2.08. The van der Waals surface area contributed by atoms with Crippen LogP contribution in [0.15, 0.2) is 41.3 Å². The van der Waals surface area contributed by atoms with Gasteiger partial charge in [-0.15, -0.1) is 11.3 Å². The molecular weight excluding hydrogens is 248 g/mol. The molecule has 0 aliphatic carbocycles. The van der Waals surface area contributed by atoms with Crippen LogP contribution in [-0.2, 0) is 13.0 Å². The average Bonchev–Trinajstić information content (AvgIpc) is 2.91. The quantitative estimate of drug-likeness (QED) is 0.714. The number of rotatable bonds is 3. The van der Waals surface area contributed by atoms with E-state index in [0.717, 1.165) is 6.42 Å². The Kier molecular flexibility index (Phi) is 2.85. The molecule has 3 heterocycles. The van der Waals surface area contributed by atoms with Crippen LogP contribution in [0.4, 0.5) is 0 Å². The standard InChI is InChI=1S/C12H10N4OS/c17-12-10-6-13-7-15-11(10)2-4-16(12)3-1-9-5-14-8-18-9/h2,4-8H,1,3H2. The van der Waals surface area contributed by atoms with Crippen LogP contribution in [0.2, 0.25) is 0 Å². The molecule has 5 nitrogen and oxygen atoms in total. The summed E-state index contributed by atoms with van der Waals surface area (Å²) in [4.78, 5) is 25.3. The van der Waals surface area contributed by atoms with E-state index < -0.39 is 0 Å². The van der Waals surface area contributed by atoms with Gasteiger partial charge in [0.05, 0.1) is 16.4 Å². The van der Waals surface area contributed by atoms with E-state index in [0.29, 0.717) is 17.4 Å². The van der Waals surface area contributed by atoms with Crippen LogP contribution in [0, 0.1) is 0 Å². The third-order valence-corrected chi connectivity index (χ3v) is 3.57. The highest BCUT2D eigenvalue weighted by Gasteiger charge is 2.04. The Morgan fingerprint density at radius 3 is 3.06 bits per heavy atom. The van der Waals surface area contributed by atoms with Gasteiger partial charge in [-0.25, -0.2) is 9.97 Å². The molecule has 0 spiro atoms. The Bertz CT molecular complexity index is 720. The van der Waals surface area contributed by atoms with Crippen molar-refractivity contribution in [2.45, 2.75) is 13.0 Å². The molecule has 0 aromatic carbocycles. The van der Waals surface area contributed by atoms with Gasteiger partial charge in [0.2, 0.25) is 0 Å². The molecule has 0 saturated heterocycles. The normalized spacial score (nSPS) is 10.9. The highest BCUT2D eigenvalue weighted by atomic mass is 32.1. The van der Waals surface area contributed by atoms with Crippen molar-refractivity contribution in [1.29, 1.82) is 0 Å². The van der Waals surface area contributed by atoms with Crippen LogP contribution in [0.25, 0.3) is 10.9 Å². The van der Waals surface area contributed by atoms with Gasteiger partial charge in [-0.05, 0) is 6.07 Å². The van der Waals surface area contributed by atoms with Gasteiger partial charge < -0.3 is 4.57 Å². The maximum absolute atomic E-state index is 12.2. The number of aromatic nitrogens is 4. The maximum atomic E-state index is 12.2. The van der Waals surface area contributed by atoms with Crippen molar-refractivity contribution in [3.63, 3.8) is 0 Å². The van der Waals surface area contributed by atoms with Crippen LogP contribution in [-0.4, -0.2) is 19.5 Å². The number of thiazole rings is 1. The molecule has 0 unspecified atom stereocenters. The molecule has 0 amide bonds. The van der Waals surface area contributed by atoms with E-state index in [9.17, 15) is 4.79 Å². The minimum Gasteiger partial charge on any atom is -0.314 e. The average molecular weight is 258 g/mol. The Labute approximate surface area is 107 Å². The molecule has 0 atom stereocenters. The zero-order chi connectivity index (χ0) is 12.4. The van der Waals surface area contributed by atoms with Crippen molar-refractivity contribution >= 4 is 22.2 Å². The Morgan fingerprint density at radius 1 is 1.28 bits per heavy atom. The lowest BCUT2D eigenvalue weighted by molar-refractivity contribution is 0.679. The van der Waals surface area contributed by atoms with Gasteiger partial charge in [-0.1, -0.05) is 0 Å². The first-order valence-electron chi connectivity index (χ1n) is 5.51. The predicted octanol–water partition coefficient (Wildman–Crippen LogP) is 1.49. The van der Waals surface area contributed by atoms with Crippen molar-refractivity contribution in [1.82, 2.24) is 19.5 Å². The predicted molar refractivity (Wildman–Crippen MR) is 69.6 cm³/mol. The number of hydrogen-bond donors (Lipinski definition) is 0. The molecule has 0 aliphatic heterocycles. The molecule has 0 bridgehead atoms. The minimum absolute atomic E-state index is 0.0439. The number of aryl methyl sites for hydroxylation is 2. The minimum atomic E-state index is -0.0439. The van der Waals surface area contributed by atoms with Crippen molar-refractivity contribution < 1.29 is 0 Å². The van der Waals surface area contributed by atoms with Crippen molar-refractivity contribution in [2.75, 3.05) is 0 Å². The van der Waals surface area contributed by atoms with Crippen LogP contribution >= 0.6 is 11.3 Å². The Hall–Kier alpha value is -2.08. The first-order valence-corrected chi connectivity index (χ1v) is 6.39. The maximum Gasteiger partial charge on any atom is 0.261 e. The number of fused-ring (bicyclic) bond motifs is 1. The number of hydrogen-bond acceptors (Lipinski definition) is 5. The number of pyridine rings is 1. The van der Waals surface area contributed by atoms with Crippen LogP contribution in [0.5, 0.6) is 0 Å². The van der Waals surface area contributed by atoms with E-state index in [1.165, 1.54) is 11.2 Å².